The minimum Gasteiger partial charge on any atom is -0.315 e. The van der Waals surface area contributed by atoms with E-state index in [1.165, 1.54) is 15.4 Å². The second kappa shape index (κ2) is 5.21. The topological polar surface area (TPSA) is 24.9 Å². The van der Waals surface area contributed by atoms with Gasteiger partial charge >= 0.3 is 0 Å². The maximum absolute atomic E-state index is 4.85. The summed E-state index contributed by atoms with van der Waals surface area (Å²) in [4.78, 5) is 6.16. The first-order chi connectivity index (χ1) is 8.52. The molecule has 2 rings (SSSR count). The summed E-state index contributed by atoms with van der Waals surface area (Å²) in [6, 6.07) is 10.4. The van der Waals surface area contributed by atoms with E-state index in [0.717, 1.165) is 12.2 Å². The third-order valence-corrected chi connectivity index (χ3v) is 4.20. The average Bonchev–Trinajstić information content (AvgIpc) is 2.75. The first-order valence-corrected chi connectivity index (χ1v) is 7.04. The Labute approximate surface area is 113 Å². The van der Waals surface area contributed by atoms with Crippen LogP contribution in [0.2, 0.25) is 0 Å². The molecule has 96 valence electrons. The van der Waals surface area contributed by atoms with Crippen molar-refractivity contribution >= 4 is 11.3 Å². The number of thiazole rings is 1. The fourth-order valence-corrected chi connectivity index (χ4v) is 2.93. The molecule has 0 unspecified atom stereocenters. The van der Waals surface area contributed by atoms with E-state index in [0.29, 0.717) is 0 Å². The molecule has 3 heteroatoms. The molecule has 0 bridgehead atoms. The third kappa shape index (κ3) is 2.79. The Morgan fingerprint density at radius 1 is 1.17 bits per heavy atom. The first-order valence-electron chi connectivity index (χ1n) is 6.22. The van der Waals surface area contributed by atoms with Crippen molar-refractivity contribution in [3.63, 3.8) is 0 Å². The van der Waals surface area contributed by atoms with Crippen molar-refractivity contribution in [3.05, 3.63) is 40.2 Å². The van der Waals surface area contributed by atoms with Gasteiger partial charge in [0.15, 0.2) is 0 Å². The van der Waals surface area contributed by atoms with Crippen LogP contribution in [0.5, 0.6) is 0 Å². The fraction of sp³-hybridized carbons (Fsp3) is 0.400. The van der Waals surface area contributed by atoms with Crippen LogP contribution in [-0.2, 0) is 12.0 Å². The second-order valence-corrected chi connectivity index (χ2v) is 6.52. The summed E-state index contributed by atoms with van der Waals surface area (Å²) in [7, 11) is 1.98. The molecule has 0 aliphatic carbocycles. The fourth-order valence-electron chi connectivity index (χ4n) is 1.77. The van der Waals surface area contributed by atoms with Gasteiger partial charge in [-0.3, -0.25) is 0 Å². The highest BCUT2D eigenvalue weighted by Gasteiger charge is 2.21. The summed E-state index contributed by atoms with van der Waals surface area (Å²) in [6.07, 6.45) is 0. The number of nitrogens with one attached hydrogen (secondary N) is 1. The molecule has 0 aliphatic heterocycles. The monoisotopic (exact) mass is 260 g/mol. The zero-order valence-electron chi connectivity index (χ0n) is 11.4. The summed E-state index contributed by atoms with van der Waals surface area (Å²) in [5.74, 6) is 0. The van der Waals surface area contributed by atoms with E-state index in [-0.39, 0.29) is 5.41 Å². The van der Waals surface area contributed by atoms with Crippen LogP contribution < -0.4 is 5.32 Å². The Kier molecular flexibility index (Phi) is 3.83. The highest BCUT2D eigenvalue weighted by atomic mass is 32.1. The lowest BCUT2D eigenvalue weighted by atomic mass is 9.98. The quantitative estimate of drug-likeness (QED) is 0.907. The standard InChI is InChI=1S/C15H20N2S/c1-15(2,3)14-17-13(12(18-14)10-16-4)11-8-6-5-7-9-11/h5-9,16H,10H2,1-4H3. The van der Waals surface area contributed by atoms with Crippen LogP contribution >= 0.6 is 11.3 Å². The lowest BCUT2D eigenvalue weighted by molar-refractivity contribution is 0.586. The molecule has 1 heterocycles. The number of hydrogen-bond donors (Lipinski definition) is 1. The molecule has 18 heavy (non-hydrogen) atoms. The lowest BCUT2D eigenvalue weighted by Gasteiger charge is -2.13. The lowest BCUT2D eigenvalue weighted by Crippen LogP contribution is -2.10. The average molecular weight is 260 g/mol. The number of benzene rings is 1. The molecule has 0 radical (unpaired) electrons. The smallest absolute Gasteiger partial charge is 0.0989 e. The first kappa shape index (κ1) is 13.2. The largest absolute Gasteiger partial charge is 0.315 e. The molecule has 0 aliphatic rings. The molecular formula is C15H20N2S. The third-order valence-electron chi connectivity index (χ3n) is 2.72. The molecule has 0 amide bonds. The Morgan fingerprint density at radius 2 is 1.83 bits per heavy atom. The normalized spacial score (nSPS) is 11.8. The Balaban J connectivity index is 2.49. The molecule has 0 saturated carbocycles. The van der Waals surface area contributed by atoms with Crippen molar-refractivity contribution in [1.82, 2.24) is 10.3 Å². The van der Waals surface area contributed by atoms with Gasteiger partial charge < -0.3 is 5.32 Å². The Bertz CT molecular complexity index is 509. The van der Waals surface area contributed by atoms with Gasteiger partial charge in [0.25, 0.3) is 0 Å². The van der Waals surface area contributed by atoms with Gasteiger partial charge in [-0.05, 0) is 7.05 Å². The molecular weight excluding hydrogens is 240 g/mol. The summed E-state index contributed by atoms with van der Waals surface area (Å²) >= 11 is 1.81. The minimum absolute atomic E-state index is 0.111. The maximum atomic E-state index is 4.85. The van der Waals surface area contributed by atoms with Crippen molar-refractivity contribution < 1.29 is 0 Å². The summed E-state index contributed by atoms with van der Waals surface area (Å²) in [5.41, 5.74) is 2.44. The second-order valence-electron chi connectivity index (χ2n) is 5.44. The molecule has 1 aromatic heterocycles. The van der Waals surface area contributed by atoms with E-state index in [2.05, 4.69) is 50.4 Å². The predicted molar refractivity (Wildman–Crippen MR) is 79.0 cm³/mol. The van der Waals surface area contributed by atoms with Crippen molar-refractivity contribution in [2.45, 2.75) is 32.7 Å². The van der Waals surface area contributed by atoms with Crippen LogP contribution in [0.15, 0.2) is 30.3 Å². The van der Waals surface area contributed by atoms with Gasteiger partial charge in [0.05, 0.1) is 10.7 Å². The van der Waals surface area contributed by atoms with Gasteiger partial charge in [-0.25, -0.2) is 4.98 Å². The summed E-state index contributed by atoms with van der Waals surface area (Å²) < 4.78 is 0. The summed E-state index contributed by atoms with van der Waals surface area (Å²) in [6.45, 7) is 7.51. The van der Waals surface area contributed by atoms with E-state index in [4.69, 9.17) is 4.98 Å². The summed E-state index contributed by atoms with van der Waals surface area (Å²) in [5, 5.41) is 4.43. The Hall–Kier alpha value is -1.19. The van der Waals surface area contributed by atoms with E-state index in [1.54, 1.807) is 0 Å². The molecule has 0 saturated heterocycles. The minimum atomic E-state index is 0.111. The number of nitrogens with zero attached hydrogens (tertiary/aromatic N) is 1. The SMILES string of the molecule is CNCc1sc(C(C)(C)C)nc1-c1ccccc1. The van der Waals surface area contributed by atoms with Crippen molar-refractivity contribution in [2.24, 2.45) is 0 Å². The van der Waals surface area contributed by atoms with Gasteiger partial charge in [-0.1, -0.05) is 51.1 Å². The van der Waals surface area contributed by atoms with E-state index < -0.39 is 0 Å². The van der Waals surface area contributed by atoms with Gasteiger partial charge in [0, 0.05) is 22.4 Å². The van der Waals surface area contributed by atoms with Gasteiger partial charge in [-0.15, -0.1) is 11.3 Å². The molecule has 1 N–H and O–H groups in total. The van der Waals surface area contributed by atoms with E-state index in [1.807, 2.05) is 24.5 Å². The van der Waals surface area contributed by atoms with Crippen LogP contribution in [0.25, 0.3) is 11.3 Å². The predicted octanol–water partition coefficient (Wildman–Crippen LogP) is 3.83. The molecule has 0 atom stereocenters. The van der Waals surface area contributed by atoms with Crippen LogP contribution in [0.4, 0.5) is 0 Å². The molecule has 1 aromatic carbocycles. The van der Waals surface area contributed by atoms with Crippen molar-refractivity contribution in [1.29, 1.82) is 0 Å². The van der Waals surface area contributed by atoms with Gasteiger partial charge in [0.2, 0.25) is 0 Å². The van der Waals surface area contributed by atoms with Gasteiger partial charge in [0.1, 0.15) is 0 Å². The molecule has 2 aromatic rings. The van der Waals surface area contributed by atoms with Crippen molar-refractivity contribution in [3.8, 4) is 11.3 Å². The number of hydrogen-bond acceptors (Lipinski definition) is 3. The highest BCUT2D eigenvalue weighted by Crippen LogP contribution is 2.34. The van der Waals surface area contributed by atoms with Crippen LogP contribution in [0.1, 0.15) is 30.7 Å². The number of aromatic nitrogens is 1. The van der Waals surface area contributed by atoms with E-state index >= 15 is 0 Å². The van der Waals surface area contributed by atoms with Crippen LogP contribution in [0, 0.1) is 0 Å². The Morgan fingerprint density at radius 3 is 2.39 bits per heavy atom. The highest BCUT2D eigenvalue weighted by molar-refractivity contribution is 7.12. The number of rotatable bonds is 3. The maximum Gasteiger partial charge on any atom is 0.0989 e. The molecule has 0 spiro atoms. The van der Waals surface area contributed by atoms with Gasteiger partial charge in [-0.2, -0.15) is 0 Å². The molecule has 0 fully saturated rings. The molecule has 2 nitrogen and oxygen atoms in total. The van der Waals surface area contributed by atoms with E-state index in [9.17, 15) is 0 Å². The van der Waals surface area contributed by atoms with Crippen molar-refractivity contribution in [2.75, 3.05) is 7.05 Å². The van der Waals surface area contributed by atoms with Crippen LogP contribution in [0.3, 0.4) is 0 Å². The zero-order chi connectivity index (χ0) is 13.2. The zero-order valence-corrected chi connectivity index (χ0v) is 12.3. The van der Waals surface area contributed by atoms with Crippen LogP contribution in [-0.4, -0.2) is 12.0 Å².